The monoisotopic (exact) mass is 324 g/mol. The highest BCUT2D eigenvalue weighted by Crippen LogP contribution is 2.48. The lowest BCUT2D eigenvalue weighted by atomic mass is 10.1. The van der Waals surface area contributed by atoms with Gasteiger partial charge in [-0.15, -0.1) is 0 Å². The molecule has 0 N–H and O–H groups in total. The van der Waals surface area contributed by atoms with E-state index in [2.05, 4.69) is 45.2 Å². The molecule has 4 rings (SSSR count). The zero-order valence-electron chi connectivity index (χ0n) is 14.1. The van der Waals surface area contributed by atoms with Gasteiger partial charge in [0.2, 0.25) is 5.91 Å². The van der Waals surface area contributed by atoms with Gasteiger partial charge in [-0.3, -0.25) is 14.4 Å². The molecule has 0 bridgehead atoms. The maximum atomic E-state index is 12.7. The molecule has 24 heavy (non-hydrogen) atoms. The van der Waals surface area contributed by atoms with E-state index in [-0.39, 0.29) is 5.92 Å². The minimum absolute atomic E-state index is 0.176. The van der Waals surface area contributed by atoms with E-state index in [1.54, 1.807) is 0 Å². The largest absolute Gasteiger partial charge is 0.340 e. The molecule has 5 heteroatoms. The van der Waals surface area contributed by atoms with Crippen molar-refractivity contribution in [3.8, 4) is 0 Å². The number of nitrogens with zero attached hydrogens (tertiary/aromatic N) is 4. The maximum Gasteiger partial charge on any atom is 0.226 e. The Morgan fingerprint density at radius 2 is 1.92 bits per heavy atom. The summed E-state index contributed by atoms with van der Waals surface area (Å²) in [5.41, 5.74) is 2.55. The average molecular weight is 324 g/mol. The summed E-state index contributed by atoms with van der Waals surface area (Å²) >= 11 is 0. The van der Waals surface area contributed by atoms with E-state index in [4.69, 9.17) is 0 Å². The van der Waals surface area contributed by atoms with Crippen LogP contribution in [-0.4, -0.2) is 51.7 Å². The quantitative estimate of drug-likeness (QED) is 0.862. The summed E-state index contributed by atoms with van der Waals surface area (Å²) in [5.74, 6) is 0.895. The Morgan fingerprint density at radius 1 is 1.17 bits per heavy atom. The number of hydrogen-bond donors (Lipinski definition) is 0. The molecule has 2 fully saturated rings. The Bertz CT molecular complexity index is 703. The van der Waals surface area contributed by atoms with Crippen LogP contribution in [-0.2, 0) is 18.4 Å². The van der Waals surface area contributed by atoms with E-state index in [1.807, 2.05) is 24.1 Å². The summed E-state index contributed by atoms with van der Waals surface area (Å²) in [7, 11) is 1.93. The number of carbonyl (C=O) groups excluding carboxylic acids is 1. The highest BCUT2D eigenvalue weighted by Gasteiger charge is 2.46. The molecule has 2 aliphatic rings. The fourth-order valence-corrected chi connectivity index (χ4v) is 3.67. The van der Waals surface area contributed by atoms with Gasteiger partial charge in [-0.05, 0) is 23.5 Å². The molecule has 1 saturated heterocycles. The lowest BCUT2D eigenvalue weighted by Gasteiger charge is -2.35. The van der Waals surface area contributed by atoms with E-state index in [0.29, 0.717) is 11.8 Å². The first-order chi connectivity index (χ1) is 11.7. The molecule has 2 heterocycles. The number of aromatic nitrogens is 2. The molecule has 0 spiro atoms. The van der Waals surface area contributed by atoms with Crippen LogP contribution >= 0.6 is 0 Å². The molecular weight excluding hydrogens is 300 g/mol. The first-order valence-corrected chi connectivity index (χ1v) is 8.74. The number of piperazine rings is 1. The molecular formula is C19H24N4O. The third-order valence-electron chi connectivity index (χ3n) is 5.19. The third kappa shape index (κ3) is 3.22. The second-order valence-corrected chi connectivity index (χ2v) is 6.98. The molecule has 0 unspecified atom stereocenters. The molecule has 1 amide bonds. The summed E-state index contributed by atoms with van der Waals surface area (Å²) in [6.45, 7) is 4.60. The van der Waals surface area contributed by atoms with Gasteiger partial charge in [0.1, 0.15) is 0 Å². The van der Waals surface area contributed by atoms with Crippen molar-refractivity contribution in [2.24, 2.45) is 13.0 Å². The van der Waals surface area contributed by atoms with E-state index in [9.17, 15) is 4.79 Å². The minimum Gasteiger partial charge on any atom is -0.340 e. The molecule has 1 aromatic carbocycles. The first-order valence-electron chi connectivity index (χ1n) is 8.74. The smallest absolute Gasteiger partial charge is 0.226 e. The summed E-state index contributed by atoms with van der Waals surface area (Å²) in [5, 5.41) is 4.22. The summed E-state index contributed by atoms with van der Waals surface area (Å²) in [6, 6.07) is 10.6. The molecule has 0 radical (unpaired) electrons. The van der Waals surface area contributed by atoms with Gasteiger partial charge in [0.05, 0.1) is 6.20 Å². The van der Waals surface area contributed by atoms with Crippen molar-refractivity contribution in [2.75, 3.05) is 26.2 Å². The van der Waals surface area contributed by atoms with Crippen molar-refractivity contribution in [3.63, 3.8) is 0 Å². The average Bonchev–Trinajstić information content (AvgIpc) is 3.30. The van der Waals surface area contributed by atoms with Crippen LogP contribution in [0, 0.1) is 5.92 Å². The first kappa shape index (κ1) is 15.4. The summed E-state index contributed by atoms with van der Waals surface area (Å²) in [4.78, 5) is 17.2. The van der Waals surface area contributed by atoms with Gasteiger partial charge in [-0.2, -0.15) is 5.10 Å². The number of benzene rings is 1. The van der Waals surface area contributed by atoms with Crippen LogP contribution in [0.3, 0.4) is 0 Å². The van der Waals surface area contributed by atoms with Crippen molar-refractivity contribution >= 4 is 5.91 Å². The topological polar surface area (TPSA) is 41.4 Å². The molecule has 1 aliphatic carbocycles. The van der Waals surface area contributed by atoms with E-state index in [1.165, 1.54) is 11.1 Å². The zero-order chi connectivity index (χ0) is 16.5. The highest BCUT2D eigenvalue weighted by atomic mass is 16.2. The molecule has 5 nitrogen and oxygen atoms in total. The fraction of sp³-hybridized carbons (Fsp3) is 0.474. The van der Waals surface area contributed by atoms with Crippen LogP contribution in [0.5, 0.6) is 0 Å². The number of hydrogen-bond acceptors (Lipinski definition) is 3. The molecule has 2 aromatic rings. The number of aryl methyl sites for hydroxylation is 1. The number of amides is 1. The Morgan fingerprint density at radius 3 is 2.58 bits per heavy atom. The van der Waals surface area contributed by atoms with Crippen LogP contribution in [0.4, 0.5) is 0 Å². The van der Waals surface area contributed by atoms with Gasteiger partial charge in [-0.1, -0.05) is 30.3 Å². The van der Waals surface area contributed by atoms with Gasteiger partial charge in [-0.25, -0.2) is 0 Å². The van der Waals surface area contributed by atoms with Crippen molar-refractivity contribution in [1.82, 2.24) is 19.6 Å². The van der Waals surface area contributed by atoms with Crippen LogP contribution in [0.15, 0.2) is 42.7 Å². The standard InChI is InChI=1S/C19H24N4O/c1-21-14-16(12-20-21)17-11-18(17)19(24)23-9-7-22(8-10-23)13-15-5-3-2-4-6-15/h2-6,12,14,17-18H,7-11,13H2,1H3/t17-,18-/m0/s1. The van der Waals surface area contributed by atoms with Crippen molar-refractivity contribution in [3.05, 3.63) is 53.9 Å². The molecule has 126 valence electrons. The zero-order valence-corrected chi connectivity index (χ0v) is 14.1. The van der Waals surface area contributed by atoms with Crippen LogP contribution in [0.2, 0.25) is 0 Å². The Labute approximate surface area is 142 Å². The summed E-state index contributed by atoms with van der Waals surface area (Å²) < 4.78 is 1.82. The lowest BCUT2D eigenvalue weighted by molar-refractivity contribution is -0.134. The second kappa shape index (κ2) is 6.40. The molecule has 1 aromatic heterocycles. The predicted molar refractivity (Wildman–Crippen MR) is 92.4 cm³/mol. The van der Waals surface area contributed by atoms with E-state index < -0.39 is 0 Å². The van der Waals surface area contributed by atoms with Crippen LogP contribution in [0.1, 0.15) is 23.5 Å². The maximum absolute atomic E-state index is 12.7. The minimum atomic E-state index is 0.176. The van der Waals surface area contributed by atoms with Crippen molar-refractivity contribution in [2.45, 2.75) is 18.9 Å². The SMILES string of the molecule is Cn1cc([C@@H]2C[C@@H]2C(=O)N2CCN(Cc3ccccc3)CC2)cn1. The van der Waals surface area contributed by atoms with Gasteiger partial charge < -0.3 is 4.90 Å². The molecule has 1 saturated carbocycles. The Hall–Kier alpha value is -2.14. The van der Waals surface area contributed by atoms with Gasteiger partial charge >= 0.3 is 0 Å². The number of carbonyl (C=O) groups is 1. The van der Waals surface area contributed by atoms with E-state index >= 15 is 0 Å². The van der Waals surface area contributed by atoms with Gasteiger partial charge in [0.25, 0.3) is 0 Å². The van der Waals surface area contributed by atoms with Crippen LogP contribution in [0.25, 0.3) is 0 Å². The van der Waals surface area contributed by atoms with Gasteiger partial charge in [0.15, 0.2) is 0 Å². The predicted octanol–water partition coefficient (Wildman–Crippen LogP) is 1.87. The Balaban J connectivity index is 1.28. The molecule has 1 aliphatic heterocycles. The highest BCUT2D eigenvalue weighted by molar-refractivity contribution is 5.83. The van der Waals surface area contributed by atoms with E-state index in [0.717, 1.165) is 39.1 Å². The second-order valence-electron chi connectivity index (χ2n) is 6.98. The lowest BCUT2D eigenvalue weighted by Crippen LogP contribution is -2.48. The van der Waals surface area contributed by atoms with Crippen molar-refractivity contribution in [1.29, 1.82) is 0 Å². The normalized spacial score (nSPS) is 24.1. The molecule has 2 atom stereocenters. The fourth-order valence-electron chi connectivity index (χ4n) is 3.67. The summed E-state index contributed by atoms with van der Waals surface area (Å²) in [6.07, 6.45) is 4.92. The Kier molecular flexibility index (Phi) is 4.10. The number of rotatable bonds is 4. The third-order valence-corrected chi connectivity index (χ3v) is 5.19. The van der Waals surface area contributed by atoms with Crippen molar-refractivity contribution < 1.29 is 4.79 Å². The van der Waals surface area contributed by atoms with Crippen LogP contribution < -0.4 is 0 Å². The van der Waals surface area contributed by atoms with Gasteiger partial charge in [0, 0.05) is 51.9 Å².